The first-order valence-corrected chi connectivity index (χ1v) is 11.9. The second-order valence-corrected chi connectivity index (χ2v) is 9.33. The lowest BCUT2D eigenvalue weighted by Gasteiger charge is -2.18. The molecule has 8 aromatic rings. The van der Waals surface area contributed by atoms with Crippen molar-refractivity contribution in [3.8, 4) is 11.1 Å². The fraction of sp³-hybridized carbons (Fsp3) is 0. The SMILES string of the molecule is c1ccc2cc(-c3ccc4c5cccc6cc7ccccc7c(c7cccc3c47)c65)ccc2c1. The molecule has 0 unspecified atom stereocenters. The van der Waals surface area contributed by atoms with Gasteiger partial charge >= 0.3 is 0 Å². The van der Waals surface area contributed by atoms with Gasteiger partial charge in [0.25, 0.3) is 0 Å². The molecule has 0 aliphatic heterocycles. The minimum Gasteiger partial charge on any atom is -0.0616 e. The lowest BCUT2D eigenvalue weighted by Crippen LogP contribution is -1.90. The molecular formula is C34H20. The Morgan fingerprint density at radius 3 is 1.91 bits per heavy atom. The van der Waals surface area contributed by atoms with Crippen molar-refractivity contribution in [1.82, 2.24) is 0 Å². The zero-order valence-corrected chi connectivity index (χ0v) is 18.5. The Balaban J connectivity index is 1.59. The van der Waals surface area contributed by atoms with Gasteiger partial charge in [-0.15, -0.1) is 0 Å². The van der Waals surface area contributed by atoms with Crippen LogP contribution in [0.2, 0.25) is 0 Å². The van der Waals surface area contributed by atoms with Crippen LogP contribution in [0.3, 0.4) is 0 Å². The number of rotatable bonds is 1. The molecule has 0 saturated heterocycles. The Morgan fingerprint density at radius 2 is 0.971 bits per heavy atom. The molecule has 8 rings (SSSR count). The maximum atomic E-state index is 2.34. The summed E-state index contributed by atoms with van der Waals surface area (Å²) in [7, 11) is 0. The summed E-state index contributed by atoms with van der Waals surface area (Å²) < 4.78 is 0. The molecule has 0 heteroatoms. The van der Waals surface area contributed by atoms with Gasteiger partial charge in [0, 0.05) is 0 Å². The average molecular weight is 429 g/mol. The lowest BCUT2D eigenvalue weighted by atomic mass is 9.85. The third kappa shape index (κ3) is 2.32. The molecule has 0 N–H and O–H groups in total. The van der Waals surface area contributed by atoms with Gasteiger partial charge in [0.1, 0.15) is 0 Å². The summed E-state index contributed by atoms with van der Waals surface area (Å²) in [6.45, 7) is 0. The Morgan fingerprint density at radius 1 is 0.294 bits per heavy atom. The van der Waals surface area contributed by atoms with Crippen LogP contribution in [0.4, 0.5) is 0 Å². The molecule has 0 bridgehead atoms. The number of hydrogen-bond donors (Lipinski definition) is 0. The fourth-order valence-electron chi connectivity index (χ4n) is 6.07. The van der Waals surface area contributed by atoms with Crippen molar-refractivity contribution in [2.45, 2.75) is 0 Å². The van der Waals surface area contributed by atoms with Gasteiger partial charge in [-0.1, -0.05) is 109 Å². The topological polar surface area (TPSA) is 0 Å². The van der Waals surface area contributed by atoms with Gasteiger partial charge in [0.15, 0.2) is 0 Å². The van der Waals surface area contributed by atoms with Crippen LogP contribution >= 0.6 is 0 Å². The summed E-state index contributed by atoms with van der Waals surface area (Å²) in [5.74, 6) is 0. The van der Waals surface area contributed by atoms with Crippen molar-refractivity contribution < 1.29 is 0 Å². The van der Waals surface area contributed by atoms with Crippen molar-refractivity contribution in [2.24, 2.45) is 0 Å². The van der Waals surface area contributed by atoms with Crippen LogP contribution in [-0.2, 0) is 0 Å². The molecular weight excluding hydrogens is 408 g/mol. The average Bonchev–Trinajstić information content (AvgIpc) is 2.90. The highest BCUT2D eigenvalue weighted by Gasteiger charge is 2.17. The number of benzene rings is 8. The van der Waals surface area contributed by atoms with E-state index in [4.69, 9.17) is 0 Å². The molecule has 0 aromatic heterocycles. The predicted octanol–water partition coefficient (Wildman–Crippen LogP) is 9.71. The fourth-order valence-corrected chi connectivity index (χ4v) is 6.07. The molecule has 0 saturated carbocycles. The van der Waals surface area contributed by atoms with Gasteiger partial charge in [-0.3, -0.25) is 0 Å². The molecule has 156 valence electrons. The molecule has 0 amide bonds. The molecule has 0 heterocycles. The minimum absolute atomic E-state index is 1.27. The van der Waals surface area contributed by atoms with Gasteiger partial charge in [-0.2, -0.15) is 0 Å². The highest BCUT2D eigenvalue weighted by Crippen LogP contribution is 2.45. The van der Waals surface area contributed by atoms with Crippen LogP contribution in [0.25, 0.3) is 75.8 Å². The van der Waals surface area contributed by atoms with Crippen LogP contribution in [0.15, 0.2) is 121 Å². The highest BCUT2D eigenvalue weighted by molar-refractivity contribution is 6.38. The van der Waals surface area contributed by atoms with E-state index in [1.165, 1.54) is 75.8 Å². The summed E-state index contributed by atoms with van der Waals surface area (Å²) in [6.07, 6.45) is 0. The highest BCUT2D eigenvalue weighted by atomic mass is 14.2. The van der Waals surface area contributed by atoms with Crippen LogP contribution in [-0.4, -0.2) is 0 Å². The zero-order chi connectivity index (χ0) is 22.2. The molecule has 0 spiro atoms. The molecule has 0 fully saturated rings. The van der Waals surface area contributed by atoms with E-state index in [0.717, 1.165) is 0 Å². The van der Waals surface area contributed by atoms with E-state index in [9.17, 15) is 0 Å². The van der Waals surface area contributed by atoms with Gasteiger partial charge in [0.2, 0.25) is 0 Å². The molecule has 0 radical (unpaired) electrons. The predicted molar refractivity (Wildman–Crippen MR) is 148 cm³/mol. The minimum atomic E-state index is 1.27. The standard InChI is InChI=1S/C34H20/c1-2-8-22-19-24(16-15-21(22)7-1)26-17-18-30-29-12-5-10-25-20-23-9-3-4-11-27(23)34(32(25)29)31-14-6-13-28(26)33(30)31/h1-20H. The maximum absolute atomic E-state index is 2.34. The van der Waals surface area contributed by atoms with Crippen LogP contribution in [0, 0.1) is 0 Å². The normalized spacial score (nSPS) is 12.1. The van der Waals surface area contributed by atoms with Crippen molar-refractivity contribution in [1.29, 1.82) is 0 Å². The van der Waals surface area contributed by atoms with E-state index in [2.05, 4.69) is 121 Å². The Labute approximate surface area is 197 Å². The smallest absolute Gasteiger partial charge is 0.00141 e. The lowest BCUT2D eigenvalue weighted by molar-refractivity contribution is 1.70. The van der Waals surface area contributed by atoms with E-state index in [1.807, 2.05) is 0 Å². The number of hydrogen-bond acceptors (Lipinski definition) is 0. The van der Waals surface area contributed by atoms with E-state index in [1.54, 1.807) is 0 Å². The molecule has 0 atom stereocenters. The van der Waals surface area contributed by atoms with Crippen LogP contribution < -0.4 is 0 Å². The summed E-state index contributed by atoms with van der Waals surface area (Å²) in [6, 6.07) is 44.8. The first-order valence-electron chi connectivity index (χ1n) is 11.9. The van der Waals surface area contributed by atoms with Crippen molar-refractivity contribution >= 4 is 64.6 Å². The summed E-state index contributed by atoms with van der Waals surface area (Å²) in [5, 5.41) is 16.0. The second kappa shape index (κ2) is 6.56. The maximum Gasteiger partial charge on any atom is -0.00141 e. The monoisotopic (exact) mass is 428 g/mol. The van der Waals surface area contributed by atoms with Crippen LogP contribution in [0.5, 0.6) is 0 Å². The van der Waals surface area contributed by atoms with Crippen molar-refractivity contribution in [2.75, 3.05) is 0 Å². The summed E-state index contributed by atoms with van der Waals surface area (Å²) in [4.78, 5) is 0. The quantitative estimate of drug-likeness (QED) is 0.180. The second-order valence-electron chi connectivity index (χ2n) is 9.33. The van der Waals surface area contributed by atoms with Gasteiger partial charge in [-0.25, -0.2) is 0 Å². The third-order valence-corrected chi connectivity index (χ3v) is 7.55. The summed E-state index contributed by atoms with van der Waals surface area (Å²) in [5.41, 5.74) is 2.56. The van der Waals surface area contributed by atoms with Crippen LogP contribution in [0.1, 0.15) is 0 Å². The van der Waals surface area contributed by atoms with Gasteiger partial charge < -0.3 is 0 Å². The third-order valence-electron chi connectivity index (χ3n) is 7.55. The largest absolute Gasteiger partial charge is 0.0616 e. The summed E-state index contributed by atoms with van der Waals surface area (Å²) >= 11 is 0. The van der Waals surface area contributed by atoms with E-state index < -0.39 is 0 Å². The first kappa shape index (κ1) is 18.1. The van der Waals surface area contributed by atoms with Crippen molar-refractivity contribution in [3.05, 3.63) is 121 Å². The molecule has 0 nitrogen and oxygen atoms in total. The van der Waals surface area contributed by atoms with Gasteiger partial charge in [0.05, 0.1) is 0 Å². The van der Waals surface area contributed by atoms with Gasteiger partial charge in [-0.05, 0) is 87.9 Å². The van der Waals surface area contributed by atoms with E-state index >= 15 is 0 Å². The number of fused-ring (bicyclic) bond motifs is 5. The molecule has 34 heavy (non-hydrogen) atoms. The van der Waals surface area contributed by atoms with E-state index in [0.29, 0.717) is 0 Å². The zero-order valence-electron chi connectivity index (χ0n) is 18.5. The Hall–Kier alpha value is -4.42. The Bertz CT molecular complexity index is 2060. The van der Waals surface area contributed by atoms with Crippen molar-refractivity contribution in [3.63, 3.8) is 0 Å². The van der Waals surface area contributed by atoms with E-state index in [-0.39, 0.29) is 0 Å². The molecule has 0 aliphatic carbocycles. The first-order chi connectivity index (χ1) is 16.9. The molecule has 8 aromatic carbocycles. The Kier molecular flexibility index (Phi) is 3.48. The molecule has 0 aliphatic rings.